The monoisotopic (exact) mass is 375 g/mol. The lowest BCUT2D eigenvalue weighted by atomic mass is 9.81. The lowest BCUT2D eigenvalue weighted by Gasteiger charge is -2.35. The molecule has 2 N–H and O–H groups in total. The summed E-state index contributed by atoms with van der Waals surface area (Å²) in [6, 6.07) is 2.03. The average molecular weight is 375 g/mol. The van der Waals surface area contributed by atoms with Gasteiger partial charge in [-0.25, -0.2) is 4.79 Å². The number of carboxylic acid groups (broad SMARTS) is 1. The molecule has 0 radical (unpaired) electrons. The van der Waals surface area contributed by atoms with Gasteiger partial charge in [-0.2, -0.15) is 5.10 Å². The number of aromatic nitrogens is 2. The Bertz CT molecular complexity index is 748. The van der Waals surface area contributed by atoms with E-state index in [-0.39, 0.29) is 18.0 Å². The van der Waals surface area contributed by atoms with Crippen LogP contribution in [-0.2, 0) is 11.8 Å². The summed E-state index contributed by atoms with van der Waals surface area (Å²) in [5.74, 6) is 0.434. The Hall–Kier alpha value is -2.25. The average Bonchev–Trinajstić information content (AvgIpc) is 3.27. The first kappa shape index (κ1) is 18.1. The summed E-state index contributed by atoms with van der Waals surface area (Å²) in [5, 5.41) is 17.3. The number of nitrogens with one attached hydrogen (secondary N) is 1. The summed E-state index contributed by atoms with van der Waals surface area (Å²) in [5.41, 5.74) is 0.267. The highest BCUT2D eigenvalue weighted by molar-refractivity contribution is 5.80. The van der Waals surface area contributed by atoms with Crippen molar-refractivity contribution in [3.05, 3.63) is 11.8 Å². The van der Waals surface area contributed by atoms with E-state index in [0.29, 0.717) is 19.5 Å². The maximum Gasteiger partial charge on any atom is 0.317 e. The molecule has 2 aliphatic heterocycles. The van der Waals surface area contributed by atoms with E-state index in [1.165, 1.54) is 0 Å². The van der Waals surface area contributed by atoms with Crippen molar-refractivity contribution in [2.24, 2.45) is 18.4 Å². The number of aryl methyl sites for hydroxylation is 2. The van der Waals surface area contributed by atoms with Crippen LogP contribution < -0.4 is 10.2 Å². The van der Waals surface area contributed by atoms with Crippen LogP contribution in [0.1, 0.15) is 37.8 Å². The Kier molecular flexibility index (Phi) is 4.52. The van der Waals surface area contributed by atoms with Crippen molar-refractivity contribution >= 4 is 17.8 Å². The molecule has 3 fully saturated rings. The van der Waals surface area contributed by atoms with Gasteiger partial charge in [0.25, 0.3) is 0 Å². The van der Waals surface area contributed by atoms with Crippen molar-refractivity contribution < 1.29 is 14.7 Å². The number of likely N-dealkylation sites (tertiary alicyclic amines) is 1. The minimum absolute atomic E-state index is 0.0719. The number of anilines is 1. The molecule has 3 aliphatic rings. The van der Waals surface area contributed by atoms with Crippen LogP contribution in [-0.4, -0.2) is 64.0 Å². The van der Waals surface area contributed by atoms with Crippen molar-refractivity contribution in [1.82, 2.24) is 20.0 Å². The van der Waals surface area contributed by atoms with E-state index in [1.807, 2.05) is 18.7 Å². The SMILES string of the molecule is Cc1cc(N2CCCC(NC(=O)N3C[C@@H]4CCC[C@@]4(C(=O)O)C3)C2)n(C)n1. The molecule has 8 heteroatoms. The zero-order chi connectivity index (χ0) is 19.2. The fourth-order valence-corrected chi connectivity index (χ4v) is 5.26. The number of nitrogens with zero attached hydrogens (tertiary/aromatic N) is 4. The fourth-order valence-electron chi connectivity index (χ4n) is 5.26. The smallest absolute Gasteiger partial charge is 0.317 e. The standard InChI is InChI=1S/C19H29N5O3/c1-13-9-16(22(2)21-13)23-8-4-6-15(11-23)20-18(27)24-10-14-5-3-7-19(14,12-24)17(25)26/h9,14-15H,3-8,10-12H2,1-2H3,(H,20,27)(H,25,26)/t14-,15?,19+/m0/s1. The Balaban J connectivity index is 1.38. The van der Waals surface area contributed by atoms with Crippen LogP contribution in [0.5, 0.6) is 0 Å². The van der Waals surface area contributed by atoms with E-state index in [1.54, 1.807) is 4.90 Å². The van der Waals surface area contributed by atoms with E-state index in [9.17, 15) is 14.7 Å². The molecule has 0 aromatic carbocycles. The molecule has 2 saturated heterocycles. The van der Waals surface area contributed by atoms with Crippen molar-refractivity contribution in [3.63, 3.8) is 0 Å². The highest BCUT2D eigenvalue weighted by Crippen LogP contribution is 2.48. The Morgan fingerprint density at radius 3 is 2.78 bits per heavy atom. The molecular formula is C19H29N5O3. The molecule has 1 aromatic rings. The van der Waals surface area contributed by atoms with Gasteiger partial charge in [-0.05, 0) is 38.5 Å². The van der Waals surface area contributed by atoms with E-state index in [0.717, 1.165) is 50.3 Å². The second-order valence-corrected chi connectivity index (χ2v) is 8.43. The molecule has 3 heterocycles. The van der Waals surface area contributed by atoms with Gasteiger partial charge in [0.15, 0.2) is 0 Å². The predicted molar refractivity (Wildman–Crippen MR) is 101 cm³/mol. The number of piperidine rings is 1. The number of hydrogen-bond acceptors (Lipinski definition) is 4. The third kappa shape index (κ3) is 3.15. The lowest BCUT2D eigenvalue weighted by Crippen LogP contribution is -2.52. The molecule has 4 rings (SSSR count). The lowest BCUT2D eigenvalue weighted by molar-refractivity contribution is -0.149. The summed E-state index contributed by atoms with van der Waals surface area (Å²) < 4.78 is 1.89. The van der Waals surface area contributed by atoms with Crippen LogP contribution in [0.25, 0.3) is 0 Å². The van der Waals surface area contributed by atoms with E-state index < -0.39 is 11.4 Å². The van der Waals surface area contributed by atoms with Crippen LogP contribution in [0.4, 0.5) is 10.6 Å². The molecule has 0 bridgehead atoms. The van der Waals surface area contributed by atoms with Gasteiger partial charge >= 0.3 is 12.0 Å². The van der Waals surface area contributed by atoms with Crippen LogP contribution >= 0.6 is 0 Å². The van der Waals surface area contributed by atoms with Gasteiger partial charge in [0, 0.05) is 45.3 Å². The highest BCUT2D eigenvalue weighted by atomic mass is 16.4. The molecule has 2 amide bonds. The van der Waals surface area contributed by atoms with E-state index in [2.05, 4.69) is 21.4 Å². The molecule has 1 aromatic heterocycles. The van der Waals surface area contributed by atoms with Crippen molar-refractivity contribution in [2.45, 2.75) is 45.1 Å². The van der Waals surface area contributed by atoms with Gasteiger partial charge in [-0.15, -0.1) is 0 Å². The molecule has 1 unspecified atom stereocenters. The van der Waals surface area contributed by atoms with Gasteiger partial charge in [0.1, 0.15) is 5.82 Å². The Morgan fingerprint density at radius 2 is 2.11 bits per heavy atom. The minimum atomic E-state index is -0.740. The summed E-state index contributed by atoms with van der Waals surface area (Å²) in [6.45, 7) is 4.60. The normalized spacial score (nSPS) is 30.4. The zero-order valence-corrected chi connectivity index (χ0v) is 16.1. The summed E-state index contributed by atoms with van der Waals surface area (Å²) in [4.78, 5) is 28.6. The molecule has 1 saturated carbocycles. The Labute approximate surface area is 159 Å². The summed E-state index contributed by atoms with van der Waals surface area (Å²) in [7, 11) is 1.94. The summed E-state index contributed by atoms with van der Waals surface area (Å²) in [6.07, 6.45) is 4.51. The number of fused-ring (bicyclic) bond motifs is 1. The van der Waals surface area contributed by atoms with Gasteiger partial charge in [-0.3, -0.25) is 9.48 Å². The molecule has 8 nitrogen and oxygen atoms in total. The predicted octanol–water partition coefficient (Wildman–Crippen LogP) is 1.59. The number of carbonyl (C=O) groups is 2. The summed E-state index contributed by atoms with van der Waals surface area (Å²) >= 11 is 0. The number of urea groups is 1. The largest absolute Gasteiger partial charge is 0.481 e. The first-order chi connectivity index (χ1) is 12.9. The number of carbonyl (C=O) groups excluding carboxylic acids is 1. The molecular weight excluding hydrogens is 346 g/mol. The van der Waals surface area contributed by atoms with Crippen molar-refractivity contribution in [3.8, 4) is 0 Å². The topological polar surface area (TPSA) is 90.7 Å². The second-order valence-electron chi connectivity index (χ2n) is 8.43. The first-order valence-corrected chi connectivity index (χ1v) is 9.93. The van der Waals surface area contributed by atoms with Crippen molar-refractivity contribution in [2.75, 3.05) is 31.1 Å². The van der Waals surface area contributed by atoms with E-state index in [4.69, 9.17) is 0 Å². The Morgan fingerprint density at radius 1 is 1.30 bits per heavy atom. The number of hydrogen-bond donors (Lipinski definition) is 2. The minimum Gasteiger partial charge on any atom is -0.481 e. The molecule has 1 aliphatic carbocycles. The van der Waals surface area contributed by atoms with Crippen LogP contribution in [0.2, 0.25) is 0 Å². The maximum atomic E-state index is 12.8. The third-order valence-corrected chi connectivity index (χ3v) is 6.63. The van der Waals surface area contributed by atoms with Crippen LogP contribution in [0.3, 0.4) is 0 Å². The van der Waals surface area contributed by atoms with E-state index >= 15 is 0 Å². The molecule has 148 valence electrons. The first-order valence-electron chi connectivity index (χ1n) is 9.93. The van der Waals surface area contributed by atoms with Gasteiger partial charge in [0.05, 0.1) is 11.1 Å². The highest BCUT2D eigenvalue weighted by Gasteiger charge is 2.55. The second kappa shape index (κ2) is 6.73. The number of carboxylic acids is 1. The number of rotatable bonds is 3. The quantitative estimate of drug-likeness (QED) is 0.837. The third-order valence-electron chi connectivity index (χ3n) is 6.63. The molecule has 0 spiro atoms. The van der Waals surface area contributed by atoms with Crippen LogP contribution in [0.15, 0.2) is 6.07 Å². The van der Waals surface area contributed by atoms with Crippen LogP contribution in [0, 0.1) is 18.3 Å². The molecule has 27 heavy (non-hydrogen) atoms. The van der Waals surface area contributed by atoms with Crippen molar-refractivity contribution in [1.29, 1.82) is 0 Å². The zero-order valence-electron chi connectivity index (χ0n) is 16.1. The number of amides is 2. The van der Waals surface area contributed by atoms with Gasteiger partial charge < -0.3 is 20.2 Å². The van der Waals surface area contributed by atoms with Gasteiger partial charge in [-0.1, -0.05) is 6.42 Å². The maximum absolute atomic E-state index is 12.8. The van der Waals surface area contributed by atoms with Gasteiger partial charge in [0.2, 0.25) is 0 Å². The number of aliphatic carboxylic acids is 1. The molecule has 3 atom stereocenters. The fraction of sp³-hybridized carbons (Fsp3) is 0.737.